The average Bonchev–Trinajstić information content (AvgIpc) is 3.00. The Kier molecular flexibility index (Phi) is 6.36. The van der Waals surface area contributed by atoms with E-state index in [2.05, 4.69) is 10.1 Å². The van der Waals surface area contributed by atoms with E-state index in [1.165, 1.54) is 34.9 Å². The highest BCUT2D eigenvalue weighted by molar-refractivity contribution is 8.00. The summed E-state index contributed by atoms with van der Waals surface area (Å²) < 4.78 is 41.1. The lowest BCUT2D eigenvalue weighted by molar-refractivity contribution is -0.274. The van der Waals surface area contributed by atoms with Crippen LogP contribution in [0.1, 0.15) is 12.0 Å². The molecule has 0 aromatic heterocycles. The summed E-state index contributed by atoms with van der Waals surface area (Å²) in [6.45, 7) is 2.27. The first-order valence-corrected chi connectivity index (χ1v) is 9.86. The molecule has 2 aromatic rings. The first-order valence-electron chi connectivity index (χ1n) is 8.87. The molecule has 1 fully saturated rings. The van der Waals surface area contributed by atoms with Crippen molar-refractivity contribution in [1.29, 1.82) is 0 Å². The van der Waals surface area contributed by atoms with Crippen molar-refractivity contribution >= 4 is 29.3 Å². The maximum absolute atomic E-state index is 12.6. The zero-order valence-corrected chi connectivity index (χ0v) is 16.3. The number of nitrogens with one attached hydrogen (secondary N) is 1. The summed E-state index contributed by atoms with van der Waals surface area (Å²) >= 11 is 1.37. The third kappa shape index (κ3) is 5.90. The van der Waals surface area contributed by atoms with Crippen LogP contribution in [0.25, 0.3) is 0 Å². The Hall–Kier alpha value is -2.68. The van der Waals surface area contributed by atoms with E-state index in [1.54, 1.807) is 0 Å². The minimum Gasteiger partial charge on any atom is -0.406 e. The minimum atomic E-state index is -4.81. The maximum atomic E-state index is 12.6. The standard InChI is InChI=1S/C20H19F3N2O3S/c1-13-5-7-16(8-6-13)29-12-18(26)24-17-9-10-25(19(17)27)14-3-2-4-15(11-14)28-20(21,22)23/h2-8,11,17H,9-10,12H2,1H3,(H,24,26). The zero-order chi connectivity index (χ0) is 21.0. The molecule has 1 atom stereocenters. The number of rotatable bonds is 6. The smallest absolute Gasteiger partial charge is 0.406 e. The third-order valence-electron chi connectivity index (χ3n) is 4.29. The van der Waals surface area contributed by atoms with Gasteiger partial charge in [0.1, 0.15) is 11.8 Å². The van der Waals surface area contributed by atoms with Crippen LogP contribution in [0.15, 0.2) is 53.4 Å². The first kappa shape index (κ1) is 21.0. The molecule has 1 saturated heterocycles. The molecule has 2 amide bonds. The minimum absolute atomic E-state index is 0.168. The second-order valence-corrected chi connectivity index (χ2v) is 7.59. The van der Waals surface area contributed by atoms with Gasteiger partial charge in [-0.25, -0.2) is 0 Å². The molecular weight excluding hydrogens is 405 g/mol. The van der Waals surface area contributed by atoms with Crippen LogP contribution in [-0.2, 0) is 9.59 Å². The van der Waals surface area contributed by atoms with Crippen molar-refractivity contribution in [3.63, 3.8) is 0 Å². The summed E-state index contributed by atoms with van der Waals surface area (Å²) in [5.41, 5.74) is 1.42. The van der Waals surface area contributed by atoms with Crippen LogP contribution < -0.4 is 15.0 Å². The Bertz CT molecular complexity index is 887. The van der Waals surface area contributed by atoms with Gasteiger partial charge in [-0.2, -0.15) is 0 Å². The van der Waals surface area contributed by atoms with Gasteiger partial charge in [-0.05, 0) is 37.6 Å². The van der Waals surface area contributed by atoms with E-state index >= 15 is 0 Å². The molecule has 5 nitrogen and oxygen atoms in total. The summed E-state index contributed by atoms with van der Waals surface area (Å²) in [4.78, 5) is 27.1. The number of benzene rings is 2. The van der Waals surface area contributed by atoms with Crippen LogP contribution in [-0.4, -0.2) is 36.5 Å². The summed E-state index contributed by atoms with van der Waals surface area (Å²) in [6, 6.07) is 12.3. The second-order valence-electron chi connectivity index (χ2n) is 6.55. The predicted octanol–water partition coefficient (Wildman–Crippen LogP) is 3.91. The van der Waals surface area contributed by atoms with E-state index in [9.17, 15) is 22.8 Å². The SMILES string of the molecule is Cc1ccc(SCC(=O)NC2CCN(c3cccc(OC(F)(F)F)c3)C2=O)cc1. The normalized spacial score (nSPS) is 16.8. The molecule has 9 heteroatoms. The zero-order valence-electron chi connectivity index (χ0n) is 15.5. The van der Waals surface area contributed by atoms with Gasteiger partial charge < -0.3 is 15.0 Å². The monoisotopic (exact) mass is 424 g/mol. The Morgan fingerprint density at radius 2 is 1.97 bits per heavy atom. The second kappa shape index (κ2) is 8.77. The predicted molar refractivity (Wildman–Crippen MR) is 104 cm³/mol. The molecular formula is C20H19F3N2O3S. The van der Waals surface area contributed by atoms with Gasteiger partial charge in [0.25, 0.3) is 0 Å². The van der Waals surface area contributed by atoms with Gasteiger partial charge in [0.2, 0.25) is 11.8 Å². The lowest BCUT2D eigenvalue weighted by atomic mass is 10.2. The number of aryl methyl sites for hydroxylation is 1. The summed E-state index contributed by atoms with van der Waals surface area (Å²) in [5, 5.41) is 2.70. The van der Waals surface area contributed by atoms with Gasteiger partial charge in [-0.1, -0.05) is 23.8 Å². The number of amides is 2. The highest BCUT2D eigenvalue weighted by atomic mass is 32.2. The Morgan fingerprint density at radius 1 is 1.24 bits per heavy atom. The number of carbonyl (C=O) groups excluding carboxylic acids is 2. The topological polar surface area (TPSA) is 58.6 Å². The van der Waals surface area contributed by atoms with Crippen LogP contribution in [0.3, 0.4) is 0 Å². The third-order valence-corrected chi connectivity index (χ3v) is 5.31. The van der Waals surface area contributed by atoms with E-state index in [0.717, 1.165) is 16.5 Å². The quantitative estimate of drug-likeness (QED) is 0.715. The highest BCUT2D eigenvalue weighted by Gasteiger charge is 2.35. The number of ether oxygens (including phenoxy) is 1. The molecule has 1 N–H and O–H groups in total. The molecule has 2 aromatic carbocycles. The molecule has 0 bridgehead atoms. The number of halogens is 3. The summed E-state index contributed by atoms with van der Waals surface area (Å²) in [6.07, 6.45) is -4.43. The molecule has 1 heterocycles. The van der Waals surface area contributed by atoms with Gasteiger partial charge in [0.05, 0.1) is 5.75 Å². The van der Waals surface area contributed by atoms with E-state index in [4.69, 9.17) is 0 Å². The molecule has 29 heavy (non-hydrogen) atoms. The number of nitrogens with zero attached hydrogens (tertiary/aromatic N) is 1. The van der Waals surface area contributed by atoms with Crippen LogP contribution in [0, 0.1) is 6.92 Å². The van der Waals surface area contributed by atoms with E-state index < -0.39 is 18.2 Å². The van der Waals surface area contributed by atoms with Crippen molar-refractivity contribution in [3.8, 4) is 5.75 Å². The fourth-order valence-corrected chi connectivity index (χ4v) is 3.65. The molecule has 0 aliphatic carbocycles. The fourth-order valence-electron chi connectivity index (χ4n) is 2.94. The number of anilines is 1. The van der Waals surface area contributed by atoms with Gasteiger partial charge in [0.15, 0.2) is 0 Å². The molecule has 154 valence electrons. The molecule has 0 spiro atoms. The van der Waals surface area contributed by atoms with Crippen LogP contribution in [0.4, 0.5) is 18.9 Å². The average molecular weight is 424 g/mol. The molecule has 1 unspecified atom stereocenters. The van der Waals surface area contributed by atoms with Crippen molar-refractivity contribution in [1.82, 2.24) is 5.32 Å². The number of carbonyl (C=O) groups is 2. The largest absolute Gasteiger partial charge is 0.573 e. The Morgan fingerprint density at radius 3 is 2.66 bits per heavy atom. The summed E-state index contributed by atoms with van der Waals surface area (Å²) in [7, 11) is 0. The number of hydrogen-bond donors (Lipinski definition) is 1. The molecule has 1 aliphatic heterocycles. The number of alkyl halides is 3. The Balaban J connectivity index is 1.56. The van der Waals surface area contributed by atoms with Gasteiger partial charge >= 0.3 is 6.36 Å². The maximum Gasteiger partial charge on any atom is 0.573 e. The van der Waals surface area contributed by atoms with Crippen LogP contribution in [0.5, 0.6) is 5.75 Å². The van der Waals surface area contributed by atoms with Gasteiger partial charge in [-0.3, -0.25) is 9.59 Å². The van der Waals surface area contributed by atoms with Gasteiger partial charge in [-0.15, -0.1) is 24.9 Å². The van der Waals surface area contributed by atoms with E-state index in [0.29, 0.717) is 18.7 Å². The number of thioether (sulfide) groups is 1. The molecule has 0 radical (unpaired) electrons. The van der Waals surface area contributed by atoms with E-state index in [1.807, 2.05) is 31.2 Å². The Labute approximate surface area is 170 Å². The van der Waals surface area contributed by atoms with E-state index in [-0.39, 0.29) is 17.6 Å². The van der Waals surface area contributed by atoms with Crippen LogP contribution >= 0.6 is 11.8 Å². The van der Waals surface area contributed by atoms with Crippen molar-refractivity contribution < 1.29 is 27.5 Å². The molecule has 3 rings (SSSR count). The lowest BCUT2D eigenvalue weighted by Crippen LogP contribution is -2.42. The molecule has 0 saturated carbocycles. The highest BCUT2D eigenvalue weighted by Crippen LogP contribution is 2.29. The van der Waals surface area contributed by atoms with Crippen LogP contribution in [0.2, 0.25) is 0 Å². The van der Waals surface area contributed by atoms with Crippen molar-refractivity contribution in [2.75, 3.05) is 17.2 Å². The van der Waals surface area contributed by atoms with Crippen molar-refractivity contribution in [3.05, 3.63) is 54.1 Å². The van der Waals surface area contributed by atoms with Gasteiger partial charge in [0, 0.05) is 23.2 Å². The first-order chi connectivity index (χ1) is 13.7. The van der Waals surface area contributed by atoms with Crippen molar-refractivity contribution in [2.24, 2.45) is 0 Å². The fraction of sp³-hybridized carbons (Fsp3) is 0.300. The summed E-state index contributed by atoms with van der Waals surface area (Å²) in [5.74, 6) is -0.862. The van der Waals surface area contributed by atoms with Crippen molar-refractivity contribution in [2.45, 2.75) is 30.6 Å². The number of hydrogen-bond acceptors (Lipinski definition) is 4. The lowest BCUT2D eigenvalue weighted by Gasteiger charge is -2.18. The molecule has 1 aliphatic rings.